The van der Waals surface area contributed by atoms with Crippen LogP contribution in [0.5, 0.6) is 0 Å². The first kappa shape index (κ1) is 14.6. The van der Waals surface area contributed by atoms with E-state index in [0.717, 1.165) is 12.0 Å². The van der Waals surface area contributed by atoms with Gasteiger partial charge < -0.3 is 4.74 Å². The lowest BCUT2D eigenvalue weighted by Crippen LogP contribution is -2.33. The maximum absolute atomic E-state index is 12.6. The van der Waals surface area contributed by atoms with Crippen LogP contribution in [0.1, 0.15) is 37.3 Å². The highest BCUT2D eigenvalue weighted by atomic mass is 16.5. The first-order chi connectivity index (χ1) is 11.1. The van der Waals surface area contributed by atoms with Gasteiger partial charge in [-0.25, -0.2) is 0 Å². The second-order valence-electron chi connectivity index (χ2n) is 6.82. The number of amides is 2. The Morgan fingerprint density at radius 2 is 1.61 bits per heavy atom. The first-order valence-corrected chi connectivity index (χ1v) is 8.38. The lowest BCUT2D eigenvalue weighted by atomic mass is 9.85. The smallest absolute Gasteiger partial charge is 0.236 e. The Labute approximate surface area is 136 Å². The minimum atomic E-state index is -0.308. The highest BCUT2D eigenvalue weighted by molar-refractivity contribution is 6.06. The molecule has 0 spiro atoms. The molecule has 2 saturated heterocycles. The van der Waals surface area contributed by atoms with Crippen molar-refractivity contribution in [2.24, 2.45) is 11.8 Å². The molecule has 2 amide bonds. The average Bonchev–Trinajstić information content (AvgIpc) is 3.24. The van der Waals surface area contributed by atoms with Crippen molar-refractivity contribution < 1.29 is 14.3 Å². The summed E-state index contributed by atoms with van der Waals surface area (Å²) in [5.74, 6) is -0.253. The summed E-state index contributed by atoms with van der Waals surface area (Å²) in [7, 11) is 0. The van der Waals surface area contributed by atoms with E-state index in [1.807, 2.05) is 24.3 Å². The normalized spacial score (nSPS) is 32.7. The molecular weight excluding hydrogens is 290 g/mol. The van der Waals surface area contributed by atoms with Gasteiger partial charge in [-0.1, -0.05) is 50.3 Å². The Morgan fingerprint density at radius 3 is 2.13 bits per heavy atom. The zero-order chi connectivity index (χ0) is 16.1. The van der Waals surface area contributed by atoms with Crippen LogP contribution in [0.3, 0.4) is 0 Å². The number of ether oxygens (including phenoxy) is 1. The van der Waals surface area contributed by atoms with Crippen LogP contribution in [0, 0.1) is 11.8 Å². The van der Waals surface area contributed by atoms with Crippen LogP contribution in [0.2, 0.25) is 0 Å². The number of nitrogens with zero attached hydrogens (tertiary/aromatic N) is 1. The molecule has 0 aromatic heterocycles. The summed E-state index contributed by atoms with van der Waals surface area (Å²) in [6.45, 7) is 4.74. The van der Waals surface area contributed by atoms with Crippen LogP contribution in [-0.4, -0.2) is 28.9 Å². The maximum Gasteiger partial charge on any atom is 0.236 e. The molecule has 23 heavy (non-hydrogen) atoms. The fourth-order valence-electron chi connectivity index (χ4n) is 3.89. The second-order valence-corrected chi connectivity index (χ2v) is 6.82. The number of carbonyl (C=O) groups excluding carboxylic acids is 2. The van der Waals surface area contributed by atoms with Gasteiger partial charge in [-0.15, -0.1) is 0 Å². The van der Waals surface area contributed by atoms with Crippen molar-refractivity contribution in [3.63, 3.8) is 0 Å². The maximum atomic E-state index is 12.6. The molecule has 2 fully saturated rings. The number of likely N-dealkylation sites (tertiary alicyclic amines) is 1. The molecule has 4 heteroatoms. The van der Waals surface area contributed by atoms with Crippen LogP contribution in [0.15, 0.2) is 36.4 Å². The minimum absolute atomic E-state index is 0.0807. The Hall–Kier alpha value is -1.94. The number of imide groups is 1. The van der Waals surface area contributed by atoms with Gasteiger partial charge >= 0.3 is 0 Å². The van der Waals surface area contributed by atoms with E-state index in [2.05, 4.69) is 26.0 Å². The van der Waals surface area contributed by atoms with Gasteiger partial charge in [0, 0.05) is 0 Å². The first-order valence-electron chi connectivity index (χ1n) is 8.38. The molecule has 0 N–H and O–H groups in total. The van der Waals surface area contributed by atoms with E-state index >= 15 is 0 Å². The molecule has 3 heterocycles. The summed E-state index contributed by atoms with van der Waals surface area (Å²) in [6.07, 6.45) is 4.52. The van der Waals surface area contributed by atoms with Crippen LogP contribution >= 0.6 is 0 Å². The van der Waals surface area contributed by atoms with Crippen molar-refractivity contribution >= 4 is 11.8 Å². The van der Waals surface area contributed by atoms with Crippen molar-refractivity contribution in [2.75, 3.05) is 0 Å². The van der Waals surface area contributed by atoms with E-state index in [-0.39, 0.29) is 35.9 Å². The standard InChI is InChI=1S/C19H21NO3/c1-3-11(2)13-6-4-12(5-7-13)10-20-18(21)16-14-8-9-15(23-14)17(16)19(20)22/h4-9,11,14-17H,3,10H2,1-2H3. The Bertz CT molecular complexity index is 648. The van der Waals surface area contributed by atoms with Crippen molar-refractivity contribution in [2.45, 2.75) is 44.9 Å². The molecule has 120 valence electrons. The van der Waals surface area contributed by atoms with E-state index < -0.39 is 0 Å². The summed E-state index contributed by atoms with van der Waals surface area (Å²) in [5.41, 5.74) is 2.29. The zero-order valence-corrected chi connectivity index (χ0v) is 13.4. The predicted molar refractivity (Wildman–Crippen MR) is 85.5 cm³/mol. The highest BCUT2D eigenvalue weighted by Crippen LogP contribution is 2.45. The molecule has 1 aromatic carbocycles. The van der Waals surface area contributed by atoms with Gasteiger partial charge in [0.05, 0.1) is 30.6 Å². The number of benzene rings is 1. The SMILES string of the molecule is CCC(C)c1ccc(CN2C(=O)C3C4C=CC(O4)C3C2=O)cc1. The molecule has 4 rings (SSSR count). The van der Waals surface area contributed by atoms with Crippen molar-refractivity contribution in [3.8, 4) is 0 Å². The Balaban J connectivity index is 1.52. The summed E-state index contributed by atoms with van der Waals surface area (Å²) >= 11 is 0. The van der Waals surface area contributed by atoms with Crippen LogP contribution < -0.4 is 0 Å². The molecule has 2 bridgehead atoms. The molecule has 5 atom stereocenters. The van der Waals surface area contributed by atoms with Crippen molar-refractivity contribution in [1.82, 2.24) is 4.90 Å². The molecule has 1 aromatic rings. The molecular formula is C19H21NO3. The number of rotatable bonds is 4. The molecule has 3 aliphatic heterocycles. The van der Waals surface area contributed by atoms with E-state index in [4.69, 9.17) is 4.74 Å². The van der Waals surface area contributed by atoms with Crippen molar-refractivity contribution in [1.29, 1.82) is 0 Å². The number of carbonyl (C=O) groups is 2. The van der Waals surface area contributed by atoms with Crippen molar-refractivity contribution in [3.05, 3.63) is 47.5 Å². The van der Waals surface area contributed by atoms with Gasteiger partial charge in [0.15, 0.2) is 0 Å². The monoisotopic (exact) mass is 311 g/mol. The van der Waals surface area contributed by atoms with Gasteiger partial charge in [0.1, 0.15) is 0 Å². The molecule has 0 radical (unpaired) electrons. The average molecular weight is 311 g/mol. The number of hydrogen-bond acceptors (Lipinski definition) is 3. The van der Waals surface area contributed by atoms with Crippen LogP contribution in [-0.2, 0) is 20.9 Å². The summed E-state index contributed by atoms with van der Waals surface area (Å²) < 4.78 is 5.65. The topological polar surface area (TPSA) is 46.6 Å². The van der Waals surface area contributed by atoms with Gasteiger partial charge in [-0.3, -0.25) is 14.5 Å². The highest BCUT2D eigenvalue weighted by Gasteiger charge is 2.60. The third kappa shape index (κ3) is 2.16. The third-order valence-electron chi connectivity index (χ3n) is 5.50. The van der Waals surface area contributed by atoms with E-state index in [9.17, 15) is 9.59 Å². The third-order valence-corrected chi connectivity index (χ3v) is 5.50. The van der Waals surface area contributed by atoms with E-state index in [1.54, 1.807) is 0 Å². The number of fused-ring (bicyclic) bond motifs is 5. The lowest BCUT2D eigenvalue weighted by molar-refractivity contribution is -0.143. The van der Waals surface area contributed by atoms with Crippen LogP contribution in [0.4, 0.5) is 0 Å². The predicted octanol–water partition coefficient (Wildman–Crippen LogP) is 2.64. The second kappa shape index (κ2) is 5.31. The van der Waals surface area contributed by atoms with Gasteiger partial charge in [0.2, 0.25) is 11.8 Å². The van der Waals surface area contributed by atoms with Gasteiger partial charge in [0.25, 0.3) is 0 Å². The molecule has 0 saturated carbocycles. The van der Waals surface area contributed by atoms with Crippen LogP contribution in [0.25, 0.3) is 0 Å². The van der Waals surface area contributed by atoms with Gasteiger partial charge in [-0.2, -0.15) is 0 Å². The Kier molecular flexibility index (Phi) is 3.38. The van der Waals surface area contributed by atoms with Gasteiger partial charge in [-0.05, 0) is 23.5 Å². The largest absolute Gasteiger partial charge is 0.365 e. The lowest BCUT2D eigenvalue weighted by Gasteiger charge is -2.18. The zero-order valence-electron chi connectivity index (χ0n) is 13.4. The summed E-state index contributed by atoms with van der Waals surface area (Å²) in [5, 5.41) is 0. The molecule has 0 aliphatic carbocycles. The fourth-order valence-corrected chi connectivity index (χ4v) is 3.89. The minimum Gasteiger partial charge on any atom is -0.365 e. The molecule has 4 nitrogen and oxygen atoms in total. The fraction of sp³-hybridized carbons (Fsp3) is 0.474. The summed E-state index contributed by atoms with van der Waals surface area (Å²) in [6, 6.07) is 8.26. The Morgan fingerprint density at radius 1 is 1.04 bits per heavy atom. The van der Waals surface area contributed by atoms with E-state index in [1.165, 1.54) is 10.5 Å². The summed E-state index contributed by atoms with van der Waals surface area (Å²) in [4.78, 5) is 26.6. The quantitative estimate of drug-likeness (QED) is 0.634. The molecule has 5 unspecified atom stereocenters. The molecule has 3 aliphatic rings. The number of hydrogen-bond donors (Lipinski definition) is 0. The van der Waals surface area contributed by atoms with E-state index in [0.29, 0.717) is 12.5 Å².